The van der Waals surface area contributed by atoms with E-state index in [0.29, 0.717) is 0 Å². The minimum absolute atomic E-state index is 0.00365. The first-order valence-corrected chi connectivity index (χ1v) is 17.7. The Morgan fingerprint density at radius 1 is 0.569 bits per heavy atom. The van der Waals surface area contributed by atoms with Crippen molar-refractivity contribution >= 4 is 105 Å². The van der Waals surface area contributed by atoms with Crippen LogP contribution in [0.5, 0.6) is 0 Å². The third kappa shape index (κ3) is 2.84. The van der Waals surface area contributed by atoms with Crippen LogP contribution in [0.15, 0.2) is 97.8 Å². The zero-order valence-electron chi connectivity index (χ0n) is 28.4. The molecule has 238 valence electrons. The van der Waals surface area contributed by atoms with Crippen molar-refractivity contribution in [2.45, 2.75) is 33.1 Å². The van der Waals surface area contributed by atoms with Gasteiger partial charge in [-0.05, 0) is 82.8 Å². The SMILES string of the molecule is Cc1ccc2c(c1)c1nccc3c1n2-c1c2c(c4c5ccncc5n5c6cnccc6c1c45)-n1c4ccc(C(C)(C)C)cc4c4nccc(c41)B23. The van der Waals surface area contributed by atoms with E-state index in [9.17, 15) is 0 Å². The van der Waals surface area contributed by atoms with Gasteiger partial charge in [0.1, 0.15) is 0 Å². The molecule has 8 heteroatoms. The van der Waals surface area contributed by atoms with E-state index in [1.807, 2.05) is 37.2 Å². The molecular weight excluding hydrogens is 625 g/mol. The van der Waals surface area contributed by atoms with Gasteiger partial charge >= 0.3 is 0 Å². The van der Waals surface area contributed by atoms with Gasteiger partial charge in [-0.1, -0.05) is 38.5 Å². The molecule has 0 radical (unpaired) electrons. The van der Waals surface area contributed by atoms with Crippen LogP contribution in [0.2, 0.25) is 0 Å². The Hall–Kier alpha value is -6.28. The molecule has 0 N–H and O–H groups in total. The standard InChI is InChI=1S/C43H28BN7/c1-21-5-7-29-25(17-21)36-38-27(11-15-47-36)44-28-12-16-48-37-26-18-22(43(2,3)4)6-8-30(26)51(39(28)37)42-34-24-10-14-46-20-32(24)49-31-19-45-13-9-23(31)33(40(34)49)41(35(42)44)50(29)38/h5-20H,1-4H3. The topological polar surface area (TPSA) is 65.8 Å². The lowest BCUT2D eigenvalue weighted by atomic mass is 9.34. The molecule has 0 saturated carbocycles. The van der Waals surface area contributed by atoms with Crippen LogP contribution >= 0.6 is 0 Å². The summed E-state index contributed by atoms with van der Waals surface area (Å²) >= 11 is 0. The molecule has 7 nitrogen and oxygen atoms in total. The fraction of sp³-hybridized carbons (Fsp3) is 0.116. The molecule has 13 rings (SSSR count). The molecule has 2 aliphatic heterocycles. The van der Waals surface area contributed by atoms with Gasteiger partial charge in [0.25, 0.3) is 6.71 Å². The van der Waals surface area contributed by atoms with E-state index in [4.69, 9.17) is 9.97 Å². The Morgan fingerprint density at radius 3 is 1.73 bits per heavy atom. The van der Waals surface area contributed by atoms with E-state index < -0.39 is 0 Å². The highest BCUT2D eigenvalue weighted by atomic mass is 15.1. The van der Waals surface area contributed by atoms with Crippen LogP contribution in [0.4, 0.5) is 0 Å². The van der Waals surface area contributed by atoms with Gasteiger partial charge in [0.05, 0.1) is 73.4 Å². The maximum absolute atomic E-state index is 5.16. The van der Waals surface area contributed by atoms with E-state index in [0.717, 1.165) is 22.1 Å². The summed E-state index contributed by atoms with van der Waals surface area (Å²) in [5.74, 6) is 0. The van der Waals surface area contributed by atoms with Crippen LogP contribution < -0.4 is 16.4 Å². The summed E-state index contributed by atoms with van der Waals surface area (Å²) in [5, 5.41) is 7.26. The predicted octanol–water partition coefficient (Wildman–Crippen LogP) is 7.36. The van der Waals surface area contributed by atoms with Crippen molar-refractivity contribution in [1.29, 1.82) is 0 Å². The van der Waals surface area contributed by atoms with Gasteiger partial charge in [0.2, 0.25) is 0 Å². The number of nitrogens with zero attached hydrogens (tertiary/aromatic N) is 7. The van der Waals surface area contributed by atoms with E-state index in [-0.39, 0.29) is 12.1 Å². The number of aromatic nitrogens is 7. The van der Waals surface area contributed by atoms with Gasteiger partial charge in [-0.15, -0.1) is 0 Å². The van der Waals surface area contributed by atoms with Gasteiger partial charge in [-0.3, -0.25) is 19.9 Å². The van der Waals surface area contributed by atoms with Crippen LogP contribution in [0.1, 0.15) is 31.9 Å². The Kier molecular flexibility index (Phi) is 4.35. The molecule has 10 heterocycles. The van der Waals surface area contributed by atoms with Crippen molar-refractivity contribution in [2.24, 2.45) is 0 Å². The summed E-state index contributed by atoms with van der Waals surface area (Å²) in [5.41, 5.74) is 19.1. The molecular formula is C43H28BN7. The van der Waals surface area contributed by atoms with E-state index in [2.05, 4.69) is 112 Å². The summed E-state index contributed by atoms with van der Waals surface area (Å²) in [6, 6.07) is 22.8. The Morgan fingerprint density at radius 2 is 1.14 bits per heavy atom. The number of hydrogen-bond acceptors (Lipinski definition) is 4. The Labute approximate surface area is 291 Å². The number of fused-ring (bicyclic) bond motifs is 18. The van der Waals surface area contributed by atoms with Crippen LogP contribution in [0, 0.1) is 6.92 Å². The molecule has 2 aliphatic rings. The van der Waals surface area contributed by atoms with Crippen molar-refractivity contribution in [3.05, 3.63) is 109 Å². The number of pyridine rings is 4. The van der Waals surface area contributed by atoms with Crippen molar-refractivity contribution in [3.63, 3.8) is 0 Å². The number of aryl methyl sites for hydroxylation is 1. The highest BCUT2D eigenvalue weighted by Crippen LogP contribution is 2.48. The molecule has 0 fully saturated rings. The van der Waals surface area contributed by atoms with Gasteiger partial charge in [-0.25, -0.2) is 0 Å². The number of rotatable bonds is 0. The van der Waals surface area contributed by atoms with Crippen LogP contribution in [-0.4, -0.2) is 40.2 Å². The Bertz CT molecular complexity index is 3430. The zero-order valence-corrected chi connectivity index (χ0v) is 28.4. The Balaban J connectivity index is 1.39. The number of benzene rings is 3. The fourth-order valence-electron chi connectivity index (χ4n) is 10.00. The van der Waals surface area contributed by atoms with E-state index >= 15 is 0 Å². The third-order valence-corrected chi connectivity index (χ3v) is 12.0. The van der Waals surface area contributed by atoms with Gasteiger partial charge in [0.15, 0.2) is 0 Å². The van der Waals surface area contributed by atoms with Gasteiger partial charge in [0, 0.05) is 57.1 Å². The molecule has 0 saturated heterocycles. The van der Waals surface area contributed by atoms with Crippen LogP contribution in [-0.2, 0) is 5.41 Å². The molecule has 0 atom stereocenters. The quantitative estimate of drug-likeness (QED) is 0.161. The average Bonchev–Trinajstić information content (AvgIpc) is 3.86. The highest BCUT2D eigenvalue weighted by Gasteiger charge is 2.44. The van der Waals surface area contributed by atoms with Gasteiger partial charge < -0.3 is 13.5 Å². The second-order valence-corrected chi connectivity index (χ2v) is 15.6. The smallest absolute Gasteiger partial charge is 0.252 e. The third-order valence-electron chi connectivity index (χ3n) is 12.0. The molecule has 51 heavy (non-hydrogen) atoms. The van der Waals surface area contributed by atoms with Crippen molar-refractivity contribution in [3.8, 4) is 11.4 Å². The molecule has 8 aromatic heterocycles. The molecule has 3 aromatic carbocycles. The van der Waals surface area contributed by atoms with Gasteiger partial charge in [-0.2, -0.15) is 0 Å². The van der Waals surface area contributed by atoms with Crippen molar-refractivity contribution < 1.29 is 0 Å². The second-order valence-electron chi connectivity index (χ2n) is 15.6. The van der Waals surface area contributed by atoms with Crippen LogP contribution in [0.25, 0.3) is 93.3 Å². The molecule has 0 aliphatic carbocycles. The average molecular weight is 654 g/mol. The normalized spacial score (nSPS) is 13.8. The molecule has 0 spiro atoms. The zero-order chi connectivity index (χ0) is 33.7. The summed E-state index contributed by atoms with van der Waals surface area (Å²) < 4.78 is 7.50. The van der Waals surface area contributed by atoms with E-state index in [1.54, 1.807) is 0 Å². The molecule has 0 bridgehead atoms. The largest absolute Gasteiger partial charge is 0.308 e. The molecule has 0 amide bonds. The van der Waals surface area contributed by atoms with Crippen LogP contribution in [0.3, 0.4) is 0 Å². The number of hydrogen-bond donors (Lipinski definition) is 0. The minimum atomic E-state index is -0.0189. The summed E-state index contributed by atoms with van der Waals surface area (Å²) in [7, 11) is 0. The summed E-state index contributed by atoms with van der Waals surface area (Å²) in [6.45, 7) is 9.01. The second kappa shape index (κ2) is 8.36. The van der Waals surface area contributed by atoms with E-state index in [1.165, 1.54) is 98.8 Å². The monoisotopic (exact) mass is 653 g/mol. The van der Waals surface area contributed by atoms with Crippen molar-refractivity contribution in [1.82, 2.24) is 33.5 Å². The fourth-order valence-corrected chi connectivity index (χ4v) is 10.00. The maximum atomic E-state index is 5.16. The first-order valence-electron chi connectivity index (χ1n) is 17.7. The molecule has 0 unspecified atom stereocenters. The predicted molar refractivity (Wildman–Crippen MR) is 209 cm³/mol. The summed E-state index contributed by atoms with van der Waals surface area (Å²) in [4.78, 5) is 19.6. The lowest BCUT2D eigenvalue weighted by Gasteiger charge is -2.34. The first kappa shape index (κ1) is 26.6. The minimum Gasteiger partial charge on any atom is -0.308 e. The van der Waals surface area contributed by atoms with Crippen molar-refractivity contribution in [2.75, 3.05) is 0 Å². The summed E-state index contributed by atoms with van der Waals surface area (Å²) in [6.07, 6.45) is 12.0. The first-order chi connectivity index (χ1) is 24.9. The lowest BCUT2D eigenvalue weighted by molar-refractivity contribution is 0.591. The molecule has 11 aromatic rings. The highest BCUT2D eigenvalue weighted by molar-refractivity contribution is 7.00. The maximum Gasteiger partial charge on any atom is 0.252 e. The lowest BCUT2D eigenvalue weighted by Crippen LogP contribution is -2.59.